The highest BCUT2D eigenvalue weighted by Gasteiger charge is 2.19. The standard InChI is InChI=1S/C64H98O6/c1-4-7-10-13-16-19-22-25-28-31-32-34-36-39-42-45-48-51-54-57-63(66)69-60-61(59-68-62(65)56-53-50-47-44-41-38-35-30-27-24-21-18-15-12-9-6-3)70-64(67)58-55-52-49-46-43-40-37-33-29-26-23-20-17-14-11-8-5-2/h7,9-10,12,16-21,25-30,32,34,37,39-40,42,46,48-49,51,61H,4-6,8,11,13-15,22-24,31,33,35-36,38,41,43-45,47,50,52-60H2,1-3H3/b10-7-,12-9-,19-16-,20-17-,21-18-,28-25-,29-26-,30-27-,34-32-,40-37-,42-39-,49-46-,51-48-. The van der Waals surface area contributed by atoms with Gasteiger partial charge >= 0.3 is 17.9 Å². The molecular weight excluding hydrogens is 865 g/mol. The van der Waals surface area contributed by atoms with Crippen LogP contribution in [0.4, 0.5) is 0 Å². The van der Waals surface area contributed by atoms with Crippen molar-refractivity contribution < 1.29 is 28.6 Å². The Hall–Kier alpha value is -4.97. The van der Waals surface area contributed by atoms with Crippen molar-refractivity contribution in [3.63, 3.8) is 0 Å². The third-order valence-electron chi connectivity index (χ3n) is 10.8. The second-order valence-electron chi connectivity index (χ2n) is 17.4. The van der Waals surface area contributed by atoms with Gasteiger partial charge in [0.1, 0.15) is 13.2 Å². The van der Waals surface area contributed by atoms with Crippen LogP contribution in [0.15, 0.2) is 158 Å². The average molecular weight is 963 g/mol. The highest BCUT2D eigenvalue weighted by molar-refractivity contribution is 5.71. The summed E-state index contributed by atoms with van der Waals surface area (Å²) in [6.07, 6.45) is 82.4. The molecule has 0 aromatic rings. The zero-order valence-electron chi connectivity index (χ0n) is 44.5. The van der Waals surface area contributed by atoms with Gasteiger partial charge in [-0.3, -0.25) is 14.4 Å². The van der Waals surface area contributed by atoms with E-state index in [4.69, 9.17) is 14.2 Å². The first-order chi connectivity index (χ1) is 34.5. The van der Waals surface area contributed by atoms with Crippen molar-refractivity contribution in [1.29, 1.82) is 0 Å². The van der Waals surface area contributed by atoms with Crippen LogP contribution in [0.1, 0.15) is 207 Å². The van der Waals surface area contributed by atoms with Crippen LogP contribution in [0.3, 0.4) is 0 Å². The molecule has 1 unspecified atom stereocenters. The molecule has 0 radical (unpaired) electrons. The molecule has 390 valence electrons. The van der Waals surface area contributed by atoms with Crippen molar-refractivity contribution in [2.45, 2.75) is 213 Å². The highest BCUT2D eigenvalue weighted by atomic mass is 16.6. The lowest BCUT2D eigenvalue weighted by atomic mass is 10.1. The zero-order chi connectivity index (χ0) is 50.7. The Morgan fingerprint density at radius 1 is 0.300 bits per heavy atom. The van der Waals surface area contributed by atoms with Crippen molar-refractivity contribution in [3.8, 4) is 0 Å². The minimum atomic E-state index is -0.851. The Morgan fingerprint density at radius 3 is 1.00 bits per heavy atom. The number of hydrogen-bond acceptors (Lipinski definition) is 6. The van der Waals surface area contributed by atoms with Crippen LogP contribution in [0.25, 0.3) is 0 Å². The fourth-order valence-electron chi connectivity index (χ4n) is 6.71. The normalized spacial score (nSPS) is 13.4. The zero-order valence-corrected chi connectivity index (χ0v) is 44.5. The first-order valence-corrected chi connectivity index (χ1v) is 27.5. The lowest BCUT2D eigenvalue weighted by Crippen LogP contribution is -2.30. The van der Waals surface area contributed by atoms with Crippen LogP contribution >= 0.6 is 0 Å². The molecule has 0 saturated carbocycles. The highest BCUT2D eigenvalue weighted by Crippen LogP contribution is 2.11. The van der Waals surface area contributed by atoms with Crippen molar-refractivity contribution in [1.82, 2.24) is 0 Å². The molecule has 0 amide bonds. The predicted molar refractivity (Wildman–Crippen MR) is 302 cm³/mol. The second kappa shape index (κ2) is 56.6. The monoisotopic (exact) mass is 963 g/mol. The molecular formula is C64H98O6. The van der Waals surface area contributed by atoms with E-state index in [1.54, 1.807) is 0 Å². The number of ether oxygens (including phenoxy) is 3. The Morgan fingerprint density at radius 2 is 0.600 bits per heavy atom. The molecule has 0 spiro atoms. The Kier molecular flexibility index (Phi) is 52.6. The van der Waals surface area contributed by atoms with Gasteiger partial charge in [0.2, 0.25) is 0 Å². The van der Waals surface area contributed by atoms with E-state index in [0.717, 1.165) is 116 Å². The van der Waals surface area contributed by atoms with E-state index < -0.39 is 12.1 Å². The molecule has 6 nitrogen and oxygen atoms in total. The summed E-state index contributed by atoms with van der Waals surface area (Å²) in [5, 5.41) is 0. The number of allylic oxidation sites excluding steroid dienone is 26. The van der Waals surface area contributed by atoms with Crippen LogP contribution in [-0.4, -0.2) is 37.2 Å². The largest absolute Gasteiger partial charge is 0.462 e. The lowest BCUT2D eigenvalue weighted by Gasteiger charge is -2.18. The molecule has 6 heteroatoms. The molecule has 0 aromatic heterocycles. The maximum atomic E-state index is 12.8. The van der Waals surface area contributed by atoms with E-state index in [2.05, 4.69) is 167 Å². The summed E-state index contributed by atoms with van der Waals surface area (Å²) >= 11 is 0. The smallest absolute Gasteiger partial charge is 0.306 e. The number of hydrogen-bond donors (Lipinski definition) is 0. The maximum absolute atomic E-state index is 12.8. The molecule has 0 N–H and O–H groups in total. The van der Waals surface area contributed by atoms with Gasteiger partial charge in [-0.25, -0.2) is 0 Å². The van der Waals surface area contributed by atoms with Gasteiger partial charge in [-0.1, -0.05) is 217 Å². The number of carbonyl (C=O) groups excluding carboxylic acids is 3. The Labute approximate surface area is 429 Å². The molecule has 0 rings (SSSR count). The molecule has 0 heterocycles. The van der Waals surface area contributed by atoms with E-state index >= 15 is 0 Å². The van der Waals surface area contributed by atoms with Gasteiger partial charge in [-0.2, -0.15) is 0 Å². The maximum Gasteiger partial charge on any atom is 0.306 e. The van der Waals surface area contributed by atoms with E-state index in [9.17, 15) is 14.4 Å². The van der Waals surface area contributed by atoms with Crippen LogP contribution in [-0.2, 0) is 28.6 Å². The summed E-state index contributed by atoms with van der Waals surface area (Å²) in [6.45, 7) is 6.24. The molecule has 0 aromatic carbocycles. The molecule has 0 bridgehead atoms. The third-order valence-corrected chi connectivity index (χ3v) is 10.8. The number of unbranched alkanes of at least 4 members (excludes halogenated alkanes) is 10. The Bertz CT molecular complexity index is 1620. The van der Waals surface area contributed by atoms with Crippen molar-refractivity contribution in [2.75, 3.05) is 13.2 Å². The van der Waals surface area contributed by atoms with Gasteiger partial charge in [0.15, 0.2) is 6.10 Å². The van der Waals surface area contributed by atoms with Crippen LogP contribution in [0.2, 0.25) is 0 Å². The molecule has 0 aliphatic carbocycles. The average Bonchev–Trinajstić information content (AvgIpc) is 3.36. The molecule has 0 saturated heterocycles. The molecule has 70 heavy (non-hydrogen) atoms. The summed E-state index contributed by atoms with van der Waals surface area (Å²) in [4.78, 5) is 38.1. The van der Waals surface area contributed by atoms with E-state index in [1.165, 1.54) is 38.5 Å². The van der Waals surface area contributed by atoms with Crippen molar-refractivity contribution >= 4 is 17.9 Å². The van der Waals surface area contributed by atoms with Gasteiger partial charge in [0, 0.05) is 19.3 Å². The van der Waals surface area contributed by atoms with Crippen LogP contribution < -0.4 is 0 Å². The fourth-order valence-corrected chi connectivity index (χ4v) is 6.71. The number of carbonyl (C=O) groups is 3. The summed E-state index contributed by atoms with van der Waals surface area (Å²) in [5.41, 5.74) is 0. The Balaban J connectivity index is 4.65. The molecule has 0 aliphatic heterocycles. The number of esters is 3. The van der Waals surface area contributed by atoms with Gasteiger partial charge < -0.3 is 14.2 Å². The van der Waals surface area contributed by atoms with Gasteiger partial charge in [0.05, 0.1) is 0 Å². The fraction of sp³-hybridized carbons (Fsp3) is 0.547. The topological polar surface area (TPSA) is 78.9 Å². The first kappa shape index (κ1) is 65.0. The lowest BCUT2D eigenvalue weighted by molar-refractivity contribution is -0.166. The predicted octanol–water partition coefficient (Wildman–Crippen LogP) is 18.6. The van der Waals surface area contributed by atoms with E-state index in [1.807, 2.05) is 12.2 Å². The summed E-state index contributed by atoms with van der Waals surface area (Å²) < 4.78 is 16.7. The summed E-state index contributed by atoms with van der Waals surface area (Å²) in [5.74, 6) is -1.11. The molecule has 0 fully saturated rings. The summed E-state index contributed by atoms with van der Waals surface area (Å²) in [6, 6.07) is 0. The summed E-state index contributed by atoms with van der Waals surface area (Å²) in [7, 11) is 0. The SMILES string of the molecule is CC/C=C\C/C=C\C/C=C\C/C=C\C/C=C\C/C=C\CCC(=O)OCC(COC(=O)CCCCCCCC/C=C\C/C=C\C/C=C\CC)OC(=O)CCC/C=C\C/C=C\C/C=C\C/C=C\CCCCC. The van der Waals surface area contributed by atoms with Gasteiger partial charge in [-0.15, -0.1) is 0 Å². The van der Waals surface area contributed by atoms with Gasteiger partial charge in [0.25, 0.3) is 0 Å². The van der Waals surface area contributed by atoms with E-state index in [-0.39, 0.29) is 38.0 Å². The quantitative estimate of drug-likeness (QED) is 0.0262. The number of rotatable bonds is 47. The van der Waals surface area contributed by atoms with Crippen LogP contribution in [0.5, 0.6) is 0 Å². The minimum Gasteiger partial charge on any atom is -0.462 e. The van der Waals surface area contributed by atoms with Crippen LogP contribution in [0, 0.1) is 0 Å². The van der Waals surface area contributed by atoms with Crippen molar-refractivity contribution in [3.05, 3.63) is 158 Å². The second-order valence-corrected chi connectivity index (χ2v) is 17.4. The molecule has 1 atom stereocenters. The first-order valence-electron chi connectivity index (χ1n) is 27.5. The minimum absolute atomic E-state index is 0.138. The third kappa shape index (κ3) is 54.0. The van der Waals surface area contributed by atoms with E-state index in [0.29, 0.717) is 19.3 Å². The van der Waals surface area contributed by atoms with Gasteiger partial charge in [-0.05, 0) is 128 Å². The molecule has 0 aliphatic rings. The van der Waals surface area contributed by atoms with Crippen molar-refractivity contribution in [2.24, 2.45) is 0 Å².